The van der Waals surface area contributed by atoms with Crippen molar-refractivity contribution in [3.8, 4) is 5.75 Å². The van der Waals surface area contributed by atoms with Gasteiger partial charge in [0.15, 0.2) is 0 Å². The van der Waals surface area contributed by atoms with Crippen LogP contribution in [0.15, 0.2) is 68.0 Å². The molecule has 0 amide bonds. The number of thioether (sulfide) groups is 1. The molecular formula is C25H31N3OS. The molecule has 0 aliphatic rings. The third-order valence-corrected chi connectivity index (χ3v) is 5.37. The summed E-state index contributed by atoms with van der Waals surface area (Å²) in [6.07, 6.45) is 6.25. The van der Waals surface area contributed by atoms with Gasteiger partial charge in [0, 0.05) is 23.2 Å². The van der Waals surface area contributed by atoms with E-state index < -0.39 is 0 Å². The van der Waals surface area contributed by atoms with Crippen molar-refractivity contribution in [2.45, 2.75) is 32.9 Å². The molecule has 5 heteroatoms. The average Bonchev–Trinajstić information content (AvgIpc) is 3.14. The summed E-state index contributed by atoms with van der Waals surface area (Å²) in [4.78, 5) is 4.18. The summed E-state index contributed by atoms with van der Waals surface area (Å²) >= 11 is 1.94. The van der Waals surface area contributed by atoms with Crippen molar-refractivity contribution in [1.82, 2.24) is 15.2 Å². The van der Waals surface area contributed by atoms with E-state index >= 15 is 0 Å². The lowest BCUT2D eigenvalue weighted by Crippen LogP contribution is -2.00. The molecule has 0 bridgehead atoms. The Morgan fingerprint density at radius 3 is 2.50 bits per heavy atom. The molecule has 158 valence electrons. The number of aromatic nitrogens is 3. The number of nitrogens with zero attached hydrogens (tertiary/aromatic N) is 2. The molecule has 1 N–H and O–H groups in total. The molecule has 0 atom stereocenters. The second kappa shape index (κ2) is 12.7. The molecule has 0 saturated carbocycles. The Hall–Kier alpha value is -2.79. The number of rotatable bonds is 9. The highest BCUT2D eigenvalue weighted by Crippen LogP contribution is 2.19. The van der Waals surface area contributed by atoms with E-state index in [1.807, 2.05) is 37.7 Å². The summed E-state index contributed by atoms with van der Waals surface area (Å²) in [7, 11) is 0. The number of aryl methyl sites for hydroxylation is 3. The van der Waals surface area contributed by atoms with Gasteiger partial charge in [-0.3, -0.25) is 10.1 Å². The van der Waals surface area contributed by atoms with E-state index in [0.29, 0.717) is 6.61 Å². The lowest BCUT2D eigenvalue weighted by atomic mass is 10.1. The van der Waals surface area contributed by atoms with Crippen LogP contribution < -0.4 is 4.74 Å². The van der Waals surface area contributed by atoms with E-state index in [-0.39, 0.29) is 0 Å². The number of pyridine rings is 1. The zero-order chi connectivity index (χ0) is 21.8. The number of benzene rings is 1. The highest BCUT2D eigenvalue weighted by molar-refractivity contribution is 7.98. The fourth-order valence-corrected chi connectivity index (χ4v) is 3.47. The molecular weight excluding hydrogens is 390 g/mol. The van der Waals surface area contributed by atoms with Crippen LogP contribution in [0.1, 0.15) is 34.5 Å². The molecule has 1 aromatic carbocycles. The van der Waals surface area contributed by atoms with Gasteiger partial charge in [0.2, 0.25) is 0 Å². The first-order chi connectivity index (χ1) is 14.5. The van der Waals surface area contributed by atoms with Crippen LogP contribution in [-0.4, -0.2) is 27.5 Å². The molecule has 2 heterocycles. The largest absolute Gasteiger partial charge is 0.492 e. The molecule has 4 nitrogen and oxygen atoms in total. The van der Waals surface area contributed by atoms with Crippen LogP contribution >= 0.6 is 11.8 Å². The Balaban J connectivity index is 0.000000386. The van der Waals surface area contributed by atoms with E-state index in [4.69, 9.17) is 4.74 Å². The molecule has 2 aromatic heterocycles. The number of nitrogens with one attached hydrogen (secondary N) is 1. The van der Waals surface area contributed by atoms with Crippen LogP contribution in [0.3, 0.4) is 0 Å². The van der Waals surface area contributed by atoms with Crippen molar-refractivity contribution >= 4 is 17.3 Å². The van der Waals surface area contributed by atoms with E-state index in [2.05, 4.69) is 59.5 Å². The van der Waals surface area contributed by atoms with E-state index in [1.54, 1.807) is 18.5 Å². The first-order valence-corrected chi connectivity index (χ1v) is 11.1. The van der Waals surface area contributed by atoms with Gasteiger partial charge in [-0.15, -0.1) is 0 Å². The zero-order valence-electron chi connectivity index (χ0n) is 18.1. The number of H-pyrrole nitrogens is 1. The van der Waals surface area contributed by atoms with Crippen molar-refractivity contribution < 1.29 is 4.74 Å². The maximum atomic E-state index is 5.76. The molecule has 3 rings (SSSR count). The van der Waals surface area contributed by atoms with Crippen molar-refractivity contribution in [3.63, 3.8) is 0 Å². The molecule has 0 aliphatic carbocycles. The fourth-order valence-electron chi connectivity index (χ4n) is 2.57. The summed E-state index contributed by atoms with van der Waals surface area (Å²) in [5, 5.41) is 6.71. The number of hydrogen-bond donors (Lipinski definition) is 1. The van der Waals surface area contributed by atoms with Crippen molar-refractivity contribution in [2.24, 2.45) is 0 Å². The van der Waals surface area contributed by atoms with Crippen molar-refractivity contribution in [3.05, 3.63) is 96.1 Å². The Labute approximate surface area is 184 Å². The minimum Gasteiger partial charge on any atom is -0.492 e. The van der Waals surface area contributed by atoms with Crippen LogP contribution in [0.2, 0.25) is 0 Å². The number of allylic oxidation sites excluding steroid dienone is 2. The molecule has 0 unspecified atom stereocenters. The standard InChI is InChI=1S/C20H23NOS.C5H8N2/c1-4-17(3)19-12-20(14-21-13-19)22-10-5-11-23-15-18-8-6-16(2)7-9-18;1-4-3-5(2)7-6-4/h4,6-9,12-14H,1,3,5,10-11,15H2,2H3;3H,1-2H3,(H,6,7). The van der Waals surface area contributed by atoms with Crippen molar-refractivity contribution in [2.75, 3.05) is 12.4 Å². The maximum Gasteiger partial charge on any atom is 0.138 e. The van der Waals surface area contributed by atoms with Gasteiger partial charge in [-0.25, -0.2) is 0 Å². The van der Waals surface area contributed by atoms with Gasteiger partial charge in [-0.1, -0.05) is 49.1 Å². The third-order valence-electron chi connectivity index (χ3n) is 4.26. The summed E-state index contributed by atoms with van der Waals surface area (Å²) in [6, 6.07) is 12.7. The topological polar surface area (TPSA) is 50.8 Å². The molecule has 0 radical (unpaired) electrons. The number of ether oxygens (including phenoxy) is 1. The minimum absolute atomic E-state index is 0.701. The lowest BCUT2D eigenvalue weighted by molar-refractivity contribution is 0.317. The molecule has 3 aromatic rings. The van der Waals surface area contributed by atoms with Gasteiger partial charge in [-0.05, 0) is 56.2 Å². The minimum atomic E-state index is 0.701. The summed E-state index contributed by atoms with van der Waals surface area (Å²) in [6.45, 7) is 14.4. The van der Waals surface area contributed by atoms with Crippen LogP contribution in [0.4, 0.5) is 0 Å². The molecule has 0 spiro atoms. The Kier molecular flexibility index (Phi) is 9.95. The van der Waals surface area contributed by atoms with Crippen LogP contribution in [0.25, 0.3) is 5.57 Å². The monoisotopic (exact) mass is 421 g/mol. The highest BCUT2D eigenvalue weighted by atomic mass is 32.2. The SMILES string of the molecule is C=CC(=C)c1cncc(OCCCSCc2ccc(C)cc2)c1.Cc1cc(C)[nH]n1. The molecule has 0 fully saturated rings. The zero-order valence-corrected chi connectivity index (χ0v) is 19.0. The van der Waals surface area contributed by atoms with E-state index in [1.165, 1.54) is 11.1 Å². The van der Waals surface area contributed by atoms with E-state index in [9.17, 15) is 0 Å². The summed E-state index contributed by atoms with van der Waals surface area (Å²) in [5.41, 5.74) is 6.67. The van der Waals surface area contributed by atoms with Crippen LogP contribution in [0.5, 0.6) is 5.75 Å². The second-order valence-corrected chi connectivity index (χ2v) is 8.18. The van der Waals surface area contributed by atoms with Crippen molar-refractivity contribution in [1.29, 1.82) is 0 Å². The Morgan fingerprint density at radius 2 is 1.90 bits per heavy atom. The predicted octanol–water partition coefficient (Wildman–Crippen LogP) is 6.32. The predicted molar refractivity (Wildman–Crippen MR) is 129 cm³/mol. The number of hydrogen-bond acceptors (Lipinski definition) is 4. The molecule has 0 aliphatic heterocycles. The fraction of sp³-hybridized carbons (Fsp3) is 0.280. The van der Waals surface area contributed by atoms with Gasteiger partial charge < -0.3 is 4.74 Å². The smallest absolute Gasteiger partial charge is 0.138 e. The summed E-state index contributed by atoms with van der Waals surface area (Å²) < 4.78 is 5.76. The van der Waals surface area contributed by atoms with Gasteiger partial charge in [0.1, 0.15) is 5.75 Å². The third kappa shape index (κ3) is 8.70. The highest BCUT2D eigenvalue weighted by Gasteiger charge is 2.00. The van der Waals surface area contributed by atoms with Gasteiger partial charge in [0.25, 0.3) is 0 Å². The van der Waals surface area contributed by atoms with Crippen LogP contribution in [0, 0.1) is 20.8 Å². The Bertz CT molecular complexity index is 915. The van der Waals surface area contributed by atoms with Gasteiger partial charge in [0.05, 0.1) is 18.5 Å². The number of aromatic amines is 1. The summed E-state index contributed by atoms with van der Waals surface area (Å²) in [5.74, 6) is 2.92. The quantitative estimate of drug-likeness (QED) is 0.324. The lowest BCUT2D eigenvalue weighted by Gasteiger charge is -2.08. The first-order valence-electron chi connectivity index (χ1n) is 9.99. The maximum absolute atomic E-state index is 5.76. The van der Waals surface area contributed by atoms with Gasteiger partial charge >= 0.3 is 0 Å². The van der Waals surface area contributed by atoms with E-state index in [0.717, 1.165) is 46.2 Å². The Morgan fingerprint density at radius 1 is 1.13 bits per heavy atom. The molecule has 30 heavy (non-hydrogen) atoms. The average molecular weight is 422 g/mol. The first kappa shape index (κ1) is 23.5. The second-order valence-electron chi connectivity index (χ2n) is 7.07. The van der Waals surface area contributed by atoms with Crippen LogP contribution in [-0.2, 0) is 5.75 Å². The molecule has 0 saturated heterocycles. The van der Waals surface area contributed by atoms with Gasteiger partial charge in [-0.2, -0.15) is 16.9 Å². The normalized spacial score (nSPS) is 10.1.